The predicted molar refractivity (Wildman–Crippen MR) is 84.7 cm³/mol. The highest BCUT2D eigenvalue weighted by molar-refractivity contribution is 5.90. The number of ether oxygens (including phenoxy) is 1. The van der Waals surface area contributed by atoms with E-state index in [1.807, 2.05) is 6.92 Å². The van der Waals surface area contributed by atoms with Gasteiger partial charge in [0.15, 0.2) is 0 Å². The summed E-state index contributed by atoms with van der Waals surface area (Å²) in [6.45, 7) is 8.06. The fraction of sp³-hybridized carbons (Fsp3) is 0.833. The quantitative estimate of drug-likeness (QED) is 0.281. The van der Waals surface area contributed by atoms with E-state index in [2.05, 4.69) is 13.5 Å². The molecule has 0 saturated carbocycles. The molecular weight excluding hydrogens is 248 g/mol. The minimum Gasteiger partial charge on any atom is -0.456 e. The van der Waals surface area contributed by atoms with Crippen LogP contribution in [-0.2, 0) is 9.53 Å². The molecule has 1 rings (SSSR count). The third-order valence-electron chi connectivity index (χ3n) is 4.27. The van der Waals surface area contributed by atoms with Crippen molar-refractivity contribution in [1.82, 2.24) is 0 Å². The summed E-state index contributed by atoms with van der Waals surface area (Å²) in [5.74, 6) is -0.195. The molecule has 0 aromatic rings. The first-order chi connectivity index (χ1) is 9.57. The Hall–Kier alpha value is -0.790. The van der Waals surface area contributed by atoms with Crippen LogP contribution in [0.3, 0.4) is 0 Å². The Kier molecular flexibility index (Phi) is 7.94. The van der Waals surface area contributed by atoms with Crippen LogP contribution in [0.1, 0.15) is 90.9 Å². The molecule has 0 radical (unpaired) electrons. The second kappa shape index (κ2) is 9.20. The summed E-state index contributed by atoms with van der Waals surface area (Å²) in [4.78, 5) is 11.4. The summed E-state index contributed by atoms with van der Waals surface area (Å²) in [5.41, 5.74) is 0.369. The van der Waals surface area contributed by atoms with Crippen LogP contribution in [0.4, 0.5) is 0 Å². The predicted octanol–water partition coefficient (Wildman–Crippen LogP) is 5.56. The van der Waals surface area contributed by atoms with Gasteiger partial charge < -0.3 is 4.74 Å². The first kappa shape index (κ1) is 17.3. The van der Waals surface area contributed by atoms with Crippen molar-refractivity contribution >= 4 is 5.97 Å². The highest BCUT2D eigenvalue weighted by Crippen LogP contribution is 2.33. The smallest absolute Gasteiger partial charge is 0.334 e. The van der Waals surface area contributed by atoms with Crippen LogP contribution in [0, 0.1) is 0 Å². The Labute approximate surface area is 125 Å². The molecule has 1 heterocycles. The molecule has 2 heteroatoms. The summed E-state index contributed by atoms with van der Waals surface area (Å²) in [6.07, 6.45) is 15.1. The first-order valence-corrected chi connectivity index (χ1v) is 8.48. The molecule has 0 aromatic carbocycles. The molecule has 1 unspecified atom stereocenters. The Balaban J connectivity index is 1.92. The van der Waals surface area contributed by atoms with E-state index in [1.165, 1.54) is 57.8 Å². The number of hydrogen-bond acceptors (Lipinski definition) is 2. The van der Waals surface area contributed by atoms with Crippen LogP contribution in [0.2, 0.25) is 0 Å². The highest BCUT2D eigenvalue weighted by atomic mass is 16.6. The lowest BCUT2D eigenvalue weighted by Crippen LogP contribution is -2.23. The van der Waals surface area contributed by atoms with Crippen molar-refractivity contribution in [2.24, 2.45) is 0 Å². The summed E-state index contributed by atoms with van der Waals surface area (Å²) in [7, 11) is 0. The van der Waals surface area contributed by atoms with Crippen molar-refractivity contribution in [3.8, 4) is 0 Å². The lowest BCUT2D eigenvalue weighted by atomic mass is 9.93. The fourth-order valence-electron chi connectivity index (χ4n) is 2.98. The normalized spacial score (nSPS) is 22.3. The zero-order valence-electron chi connectivity index (χ0n) is 13.5. The maximum Gasteiger partial charge on any atom is 0.334 e. The second-order valence-electron chi connectivity index (χ2n) is 6.55. The molecule has 116 valence electrons. The lowest BCUT2D eigenvalue weighted by molar-refractivity contribution is -0.145. The van der Waals surface area contributed by atoms with E-state index in [1.54, 1.807) is 0 Å². The van der Waals surface area contributed by atoms with Crippen molar-refractivity contribution in [3.05, 3.63) is 12.2 Å². The van der Waals surface area contributed by atoms with Gasteiger partial charge in [-0.1, -0.05) is 71.3 Å². The Morgan fingerprint density at radius 1 is 1.00 bits per heavy atom. The SMILES string of the molecule is C=C1CC(C)(CCCCCCCCCCCC)OC1=O. The minimum absolute atomic E-state index is 0.195. The molecule has 1 saturated heterocycles. The molecule has 0 spiro atoms. The van der Waals surface area contributed by atoms with Gasteiger partial charge >= 0.3 is 5.97 Å². The Morgan fingerprint density at radius 2 is 1.50 bits per heavy atom. The highest BCUT2D eigenvalue weighted by Gasteiger charge is 2.37. The van der Waals surface area contributed by atoms with Gasteiger partial charge in [-0.25, -0.2) is 4.79 Å². The van der Waals surface area contributed by atoms with Crippen LogP contribution in [0.25, 0.3) is 0 Å². The molecule has 1 atom stereocenters. The van der Waals surface area contributed by atoms with Crippen LogP contribution in [0.5, 0.6) is 0 Å². The largest absolute Gasteiger partial charge is 0.456 e. The number of carbonyl (C=O) groups is 1. The number of rotatable bonds is 11. The van der Waals surface area contributed by atoms with E-state index in [0.29, 0.717) is 12.0 Å². The van der Waals surface area contributed by atoms with Crippen molar-refractivity contribution < 1.29 is 9.53 Å². The van der Waals surface area contributed by atoms with Gasteiger partial charge in [-0.15, -0.1) is 0 Å². The molecular formula is C18H32O2. The van der Waals surface area contributed by atoms with Gasteiger partial charge in [0.05, 0.1) is 0 Å². The maximum atomic E-state index is 11.4. The summed E-state index contributed by atoms with van der Waals surface area (Å²) in [6, 6.07) is 0. The van der Waals surface area contributed by atoms with Gasteiger partial charge in [0.2, 0.25) is 0 Å². The van der Waals surface area contributed by atoms with Crippen molar-refractivity contribution in [3.63, 3.8) is 0 Å². The molecule has 20 heavy (non-hydrogen) atoms. The molecule has 0 aromatic heterocycles. The van der Waals surface area contributed by atoms with E-state index in [0.717, 1.165) is 12.8 Å². The molecule has 1 fully saturated rings. The molecule has 0 bridgehead atoms. The third kappa shape index (κ3) is 6.58. The number of carbonyl (C=O) groups excluding carboxylic acids is 1. The third-order valence-corrected chi connectivity index (χ3v) is 4.27. The number of hydrogen-bond donors (Lipinski definition) is 0. The summed E-state index contributed by atoms with van der Waals surface area (Å²) >= 11 is 0. The lowest BCUT2D eigenvalue weighted by Gasteiger charge is -2.21. The molecule has 1 aliphatic rings. The zero-order valence-corrected chi connectivity index (χ0v) is 13.5. The molecule has 2 nitrogen and oxygen atoms in total. The molecule has 0 aliphatic carbocycles. The van der Waals surface area contributed by atoms with Gasteiger partial charge in [-0.3, -0.25) is 0 Å². The van der Waals surface area contributed by atoms with Crippen molar-refractivity contribution in [1.29, 1.82) is 0 Å². The van der Waals surface area contributed by atoms with Crippen LogP contribution in [-0.4, -0.2) is 11.6 Å². The van der Waals surface area contributed by atoms with Gasteiger partial charge in [0, 0.05) is 12.0 Å². The van der Waals surface area contributed by atoms with Crippen LogP contribution >= 0.6 is 0 Å². The zero-order chi connectivity index (χ0) is 14.8. The summed E-state index contributed by atoms with van der Waals surface area (Å²) in [5, 5.41) is 0. The maximum absolute atomic E-state index is 11.4. The molecule has 0 amide bonds. The molecule has 1 aliphatic heterocycles. The molecule has 0 N–H and O–H groups in total. The van der Waals surface area contributed by atoms with E-state index < -0.39 is 0 Å². The Bertz CT molecular complexity index is 291. The van der Waals surface area contributed by atoms with Gasteiger partial charge in [0.1, 0.15) is 5.60 Å². The monoisotopic (exact) mass is 280 g/mol. The fourth-order valence-corrected chi connectivity index (χ4v) is 2.98. The standard InChI is InChI=1S/C18H32O2/c1-4-5-6-7-8-9-10-11-12-13-14-18(3)15-16(2)17(19)20-18/h2,4-15H2,1,3H3. The number of cyclic esters (lactones) is 1. The van der Waals surface area contributed by atoms with Crippen molar-refractivity contribution in [2.45, 2.75) is 96.5 Å². The number of esters is 1. The second-order valence-corrected chi connectivity index (χ2v) is 6.55. The van der Waals surface area contributed by atoms with Crippen LogP contribution in [0.15, 0.2) is 12.2 Å². The van der Waals surface area contributed by atoms with E-state index in [9.17, 15) is 4.79 Å². The van der Waals surface area contributed by atoms with Gasteiger partial charge in [-0.2, -0.15) is 0 Å². The average molecular weight is 280 g/mol. The number of unbranched alkanes of at least 4 members (excludes halogenated alkanes) is 9. The van der Waals surface area contributed by atoms with E-state index in [4.69, 9.17) is 4.74 Å². The van der Waals surface area contributed by atoms with Gasteiger partial charge in [-0.05, 0) is 19.8 Å². The van der Waals surface area contributed by atoms with E-state index >= 15 is 0 Å². The van der Waals surface area contributed by atoms with Gasteiger partial charge in [0.25, 0.3) is 0 Å². The van der Waals surface area contributed by atoms with Crippen molar-refractivity contribution in [2.75, 3.05) is 0 Å². The minimum atomic E-state index is -0.270. The average Bonchev–Trinajstić information content (AvgIpc) is 2.66. The summed E-state index contributed by atoms with van der Waals surface area (Å²) < 4.78 is 5.41. The van der Waals surface area contributed by atoms with Crippen LogP contribution < -0.4 is 0 Å². The topological polar surface area (TPSA) is 26.3 Å². The van der Waals surface area contributed by atoms with E-state index in [-0.39, 0.29) is 11.6 Å². The first-order valence-electron chi connectivity index (χ1n) is 8.48. The Morgan fingerprint density at radius 3 is 1.95 bits per heavy atom.